The lowest BCUT2D eigenvalue weighted by Gasteiger charge is -2.09. The van der Waals surface area contributed by atoms with Crippen LogP contribution >= 0.6 is 0 Å². The molecule has 0 radical (unpaired) electrons. The first kappa shape index (κ1) is 17.0. The van der Waals surface area contributed by atoms with Gasteiger partial charge < -0.3 is 15.0 Å². The van der Waals surface area contributed by atoms with E-state index in [0.29, 0.717) is 6.54 Å². The number of amides is 1. The summed E-state index contributed by atoms with van der Waals surface area (Å²) in [7, 11) is 4.20. The van der Waals surface area contributed by atoms with Gasteiger partial charge in [0.15, 0.2) is 18.2 Å². The third-order valence-electron chi connectivity index (χ3n) is 3.27. The fraction of sp³-hybridized carbons (Fsp3) is 0.278. The molecule has 0 aromatic heterocycles. The molecule has 0 saturated carbocycles. The molecule has 2 aromatic carbocycles. The first-order chi connectivity index (χ1) is 11.0. The van der Waals surface area contributed by atoms with Crippen LogP contribution in [0.15, 0.2) is 48.5 Å². The van der Waals surface area contributed by atoms with E-state index in [4.69, 9.17) is 4.74 Å². The van der Waals surface area contributed by atoms with Crippen LogP contribution in [0.4, 0.5) is 4.39 Å². The molecule has 5 heteroatoms. The molecule has 0 aliphatic heterocycles. The third-order valence-corrected chi connectivity index (χ3v) is 3.27. The molecule has 0 atom stereocenters. The number of nitrogens with one attached hydrogen (secondary N) is 2. The number of rotatable bonds is 7. The Morgan fingerprint density at radius 2 is 1.74 bits per heavy atom. The largest absolute Gasteiger partial charge is 0.481 e. The Morgan fingerprint density at radius 3 is 2.39 bits per heavy atom. The summed E-state index contributed by atoms with van der Waals surface area (Å²) in [6.07, 6.45) is 0. The Morgan fingerprint density at radius 1 is 1.09 bits per heavy atom. The van der Waals surface area contributed by atoms with Crippen molar-refractivity contribution in [3.63, 3.8) is 0 Å². The van der Waals surface area contributed by atoms with Crippen molar-refractivity contribution in [2.45, 2.75) is 13.1 Å². The summed E-state index contributed by atoms with van der Waals surface area (Å²) in [5.41, 5.74) is 2.27. The average Bonchev–Trinajstić information content (AvgIpc) is 2.53. The quantitative estimate of drug-likeness (QED) is 0.805. The van der Waals surface area contributed by atoms with E-state index in [9.17, 15) is 9.18 Å². The van der Waals surface area contributed by atoms with Crippen LogP contribution in [0.3, 0.4) is 0 Å². The van der Waals surface area contributed by atoms with Gasteiger partial charge in [0.2, 0.25) is 0 Å². The Kier molecular flexibility index (Phi) is 6.11. The van der Waals surface area contributed by atoms with E-state index in [-0.39, 0.29) is 18.3 Å². The number of quaternary nitrogens is 1. The average molecular weight is 317 g/mol. The monoisotopic (exact) mass is 317 g/mol. The van der Waals surface area contributed by atoms with Crippen LogP contribution in [0.25, 0.3) is 0 Å². The normalized spacial score (nSPS) is 10.6. The molecule has 2 rings (SSSR count). The minimum Gasteiger partial charge on any atom is -0.481 e. The fourth-order valence-corrected chi connectivity index (χ4v) is 2.14. The lowest BCUT2D eigenvalue weighted by molar-refractivity contribution is -0.872. The molecule has 122 valence electrons. The zero-order valence-corrected chi connectivity index (χ0v) is 13.4. The second-order valence-electron chi connectivity index (χ2n) is 5.70. The molecule has 0 unspecified atom stereocenters. The van der Waals surface area contributed by atoms with Crippen LogP contribution < -0.4 is 15.0 Å². The summed E-state index contributed by atoms with van der Waals surface area (Å²) < 4.78 is 18.5. The van der Waals surface area contributed by atoms with Gasteiger partial charge in [0, 0.05) is 12.1 Å². The highest BCUT2D eigenvalue weighted by Crippen LogP contribution is 2.14. The van der Waals surface area contributed by atoms with Crippen LogP contribution in [-0.2, 0) is 17.9 Å². The van der Waals surface area contributed by atoms with Gasteiger partial charge in [-0.05, 0) is 17.7 Å². The summed E-state index contributed by atoms with van der Waals surface area (Å²) in [5.74, 6) is -0.674. The van der Waals surface area contributed by atoms with Crippen molar-refractivity contribution in [3.05, 3.63) is 65.5 Å². The van der Waals surface area contributed by atoms with Crippen molar-refractivity contribution >= 4 is 5.91 Å². The van der Waals surface area contributed by atoms with Gasteiger partial charge in [-0.2, -0.15) is 0 Å². The molecule has 0 spiro atoms. The van der Waals surface area contributed by atoms with Crippen molar-refractivity contribution in [3.8, 4) is 5.75 Å². The lowest BCUT2D eigenvalue weighted by Crippen LogP contribution is -3.04. The molecule has 0 heterocycles. The highest BCUT2D eigenvalue weighted by Gasteiger charge is 2.06. The van der Waals surface area contributed by atoms with Crippen molar-refractivity contribution in [1.29, 1.82) is 0 Å². The first-order valence-electron chi connectivity index (χ1n) is 7.55. The van der Waals surface area contributed by atoms with Gasteiger partial charge in [-0.1, -0.05) is 36.4 Å². The fourth-order valence-electron chi connectivity index (χ4n) is 2.14. The summed E-state index contributed by atoms with van der Waals surface area (Å²) in [5, 5.41) is 2.76. The molecule has 4 nitrogen and oxygen atoms in total. The van der Waals surface area contributed by atoms with Gasteiger partial charge >= 0.3 is 0 Å². The van der Waals surface area contributed by atoms with E-state index in [1.165, 1.54) is 22.6 Å². The smallest absolute Gasteiger partial charge is 0.258 e. The van der Waals surface area contributed by atoms with Crippen molar-refractivity contribution in [1.82, 2.24) is 5.32 Å². The highest BCUT2D eigenvalue weighted by molar-refractivity contribution is 5.77. The SMILES string of the molecule is C[NH+](C)Cc1ccc(CNC(=O)COc2ccccc2F)cc1. The number of carbonyl (C=O) groups excluding carboxylic acids is 1. The van der Waals surface area contributed by atoms with Crippen molar-refractivity contribution in [2.75, 3.05) is 20.7 Å². The van der Waals surface area contributed by atoms with Gasteiger partial charge in [-0.15, -0.1) is 0 Å². The van der Waals surface area contributed by atoms with Crippen LogP contribution in [0.2, 0.25) is 0 Å². The van der Waals surface area contributed by atoms with Crippen LogP contribution in [-0.4, -0.2) is 26.6 Å². The van der Waals surface area contributed by atoms with Crippen LogP contribution in [0.1, 0.15) is 11.1 Å². The number of carbonyl (C=O) groups is 1. The van der Waals surface area contributed by atoms with Gasteiger partial charge in [0.25, 0.3) is 5.91 Å². The molecule has 23 heavy (non-hydrogen) atoms. The molecule has 0 aliphatic rings. The second kappa shape index (κ2) is 8.29. The summed E-state index contributed by atoms with van der Waals surface area (Å²) in [6.45, 7) is 1.18. The van der Waals surface area contributed by atoms with Crippen LogP contribution in [0.5, 0.6) is 5.75 Å². The molecular formula is C18H22FN2O2+. The van der Waals surface area contributed by atoms with Crippen molar-refractivity contribution in [2.24, 2.45) is 0 Å². The number of hydrogen-bond donors (Lipinski definition) is 2. The third kappa shape index (κ3) is 5.71. The van der Waals surface area contributed by atoms with E-state index >= 15 is 0 Å². The van der Waals surface area contributed by atoms with Gasteiger partial charge in [-0.25, -0.2) is 4.39 Å². The first-order valence-corrected chi connectivity index (χ1v) is 7.55. The van der Waals surface area contributed by atoms with E-state index in [1.807, 2.05) is 12.1 Å². The number of para-hydroxylation sites is 1. The molecule has 0 saturated heterocycles. The minimum absolute atomic E-state index is 0.0817. The maximum atomic E-state index is 13.4. The number of benzene rings is 2. The zero-order chi connectivity index (χ0) is 16.7. The predicted octanol–water partition coefficient (Wildman–Crippen LogP) is 1.17. The molecule has 2 N–H and O–H groups in total. The minimum atomic E-state index is -0.473. The Hall–Kier alpha value is -2.40. The number of halogens is 1. The molecule has 1 amide bonds. The van der Waals surface area contributed by atoms with E-state index < -0.39 is 5.82 Å². The Labute approximate surface area is 135 Å². The standard InChI is InChI=1S/C18H21FN2O2/c1-21(2)12-15-9-7-14(8-10-15)11-20-18(22)13-23-17-6-4-3-5-16(17)19/h3-10H,11-13H2,1-2H3,(H,20,22)/p+1. The summed E-state index contributed by atoms with van der Waals surface area (Å²) >= 11 is 0. The van der Waals surface area contributed by atoms with Gasteiger partial charge in [0.1, 0.15) is 6.54 Å². The highest BCUT2D eigenvalue weighted by atomic mass is 19.1. The number of ether oxygens (including phenoxy) is 1. The maximum Gasteiger partial charge on any atom is 0.258 e. The van der Waals surface area contributed by atoms with Crippen molar-refractivity contribution < 1.29 is 18.8 Å². The second-order valence-corrected chi connectivity index (χ2v) is 5.70. The molecular weight excluding hydrogens is 295 g/mol. The number of hydrogen-bond acceptors (Lipinski definition) is 2. The molecule has 0 bridgehead atoms. The summed E-state index contributed by atoms with van der Waals surface area (Å²) in [6, 6.07) is 14.1. The molecule has 0 aliphatic carbocycles. The zero-order valence-electron chi connectivity index (χ0n) is 13.4. The Bertz CT molecular complexity index is 642. The van der Waals surface area contributed by atoms with E-state index in [2.05, 4.69) is 31.5 Å². The Balaban J connectivity index is 1.77. The lowest BCUT2D eigenvalue weighted by atomic mass is 10.1. The van der Waals surface area contributed by atoms with E-state index in [1.54, 1.807) is 12.1 Å². The predicted molar refractivity (Wildman–Crippen MR) is 86.7 cm³/mol. The summed E-state index contributed by atoms with van der Waals surface area (Å²) in [4.78, 5) is 13.1. The van der Waals surface area contributed by atoms with Gasteiger partial charge in [0.05, 0.1) is 14.1 Å². The van der Waals surface area contributed by atoms with Gasteiger partial charge in [-0.3, -0.25) is 4.79 Å². The topological polar surface area (TPSA) is 42.8 Å². The van der Waals surface area contributed by atoms with E-state index in [0.717, 1.165) is 12.1 Å². The maximum absolute atomic E-state index is 13.4. The molecule has 2 aromatic rings. The van der Waals surface area contributed by atoms with Crippen LogP contribution in [0, 0.1) is 5.82 Å². The molecule has 0 fully saturated rings.